The van der Waals surface area contributed by atoms with Gasteiger partial charge in [-0.2, -0.15) is 0 Å². The van der Waals surface area contributed by atoms with Crippen molar-refractivity contribution in [3.8, 4) is 0 Å². The van der Waals surface area contributed by atoms with E-state index in [2.05, 4.69) is 28.7 Å². The standard InChI is InChI=1S/C14H27N3O2/c1-5-7-15-12(14(18-3)19-4)11-13-16-8-10-17(13)9-6-2/h8,10,12,14-15H,5-7,9,11H2,1-4H3. The minimum Gasteiger partial charge on any atom is -0.354 e. The molecule has 5 nitrogen and oxygen atoms in total. The lowest BCUT2D eigenvalue weighted by Crippen LogP contribution is -2.44. The molecule has 0 bridgehead atoms. The number of ether oxygens (including phenoxy) is 2. The number of methoxy groups -OCH3 is 2. The lowest BCUT2D eigenvalue weighted by Gasteiger charge is -2.25. The molecule has 1 atom stereocenters. The summed E-state index contributed by atoms with van der Waals surface area (Å²) in [4.78, 5) is 4.45. The van der Waals surface area contributed by atoms with E-state index in [9.17, 15) is 0 Å². The van der Waals surface area contributed by atoms with Crippen LogP contribution in [0.3, 0.4) is 0 Å². The van der Waals surface area contributed by atoms with Crippen LogP contribution in [0.2, 0.25) is 0 Å². The Bertz CT molecular complexity index is 337. The largest absolute Gasteiger partial charge is 0.354 e. The van der Waals surface area contributed by atoms with Crippen LogP contribution < -0.4 is 5.32 Å². The third-order valence-corrected chi connectivity index (χ3v) is 3.12. The van der Waals surface area contributed by atoms with Crippen LogP contribution in [0.25, 0.3) is 0 Å². The summed E-state index contributed by atoms with van der Waals surface area (Å²) < 4.78 is 13.0. The molecule has 5 heteroatoms. The second-order valence-corrected chi connectivity index (χ2v) is 4.64. The summed E-state index contributed by atoms with van der Waals surface area (Å²) in [6.45, 7) is 6.27. The number of hydrogen-bond donors (Lipinski definition) is 1. The van der Waals surface area contributed by atoms with E-state index < -0.39 is 0 Å². The maximum absolute atomic E-state index is 5.39. The molecule has 1 N–H and O–H groups in total. The fourth-order valence-corrected chi connectivity index (χ4v) is 2.19. The van der Waals surface area contributed by atoms with Crippen LogP contribution in [-0.2, 0) is 22.4 Å². The van der Waals surface area contributed by atoms with Crippen LogP contribution in [0.5, 0.6) is 0 Å². The van der Waals surface area contributed by atoms with E-state index in [-0.39, 0.29) is 12.3 Å². The van der Waals surface area contributed by atoms with Gasteiger partial charge in [-0.15, -0.1) is 0 Å². The first-order valence-corrected chi connectivity index (χ1v) is 7.05. The van der Waals surface area contributed by atoms with E-state index in [1.54, 1.807) is 14.2 Å². The zero-order valence-corrected chi connectivity index (χ0v) is 12.6. The van der Waals surface area contributed by atoms with Gasteiger partial charge in [0.2, 0.25) is 0 Å². The van der Waals surface area contributed by atoms with Gasteiger partial charge in [0.1, 0.15) is 5.82 Å². The molecular weight excluding hydrogens is 242 g/mol. The van der Waals surface area contributed by atoms with Gasteiger partial charge in [-0.3, -0.25) is 0 Å². The Kier molecular flexibility index (Phi) is 7.70. The molecule has 0 aliphatic rings. The number of imidazole rings is 1. The normalized spacial score (nSPS) is 13.1. The number of aryl methyl sites for hydroxylation is 1. The molecule has 0 amide bonds. The first-order chi connectivity index (χ1) is 9.26. The van der Waals surface area contributed by atoms with Gasteiger partial charge in [0.25, 0.3) is 0 Å². The van der Waals surface area contributed by atoms with Gasteiger partial charge in [0, 0.05) is 39.6 Å². The minimum atomic E-state index is -0.252. The van der Waals surface area contributed by atoms with Crippen LogP contribution in [-0.4, -0.2) is 42.6 Å². The fourth-order valence-electron chi connectivity index (χ4n) is 2.19. The van der Waals surface area contributed by atoms with Crippen molar-refractivity contribution in [1.82, 2.24) is 14.9 Å². The van der Waals surface area contributed by atoms with Crippen LogP contribution in [0.1, 0.15) is 32.5 Å². The van der Waals surface area contributed by atoms with Crippen LogP contribution in [0, 0.1) is 0 Å². The minimum absolute atomic E-state index is 0.118. The highest BCUT2D eigenvalue weighted by molar-refractivity contribution is 4.96. The second-order valence-electron chi connectivity index (χ2n) is 4.64. The van der Waals surface area contributed by atoms with Gasteiger partial charge >= 0.3 is 0 Å². The summed E-state index contributed by atoms with van der Waals surface area (Å²) in [7, 11) is 3.35. The van der Waals surface area contributed by atoms with Crippen LogP contribution >= 0.6 is 0 Å². The summed E-state index contributed by atoms with van der Waals surface area (Å²) in [5, 5.41) is 3.48. The lowest BCUT2D eigenvalue weighted by atomic mass is 10.1. The van der Waals surface area contributed by atoms with E-state index in [4.69, 9.17) is 9.47 Å². The molecule has 0 aromatic carbocycles. The molecule has 0 aliphatic heterocycles. The monoisotopic (exact) mass is 269 g/mol. The third kappa shape index (κ3) is 4.93. The summed E-state index contributed by atoms with van der Waals surface area (Å²) in [6, 6.07) is 0.118. The molecule has 0 saturated heterocycles. The van der Waals surface area contributed by atoms with Crippen molar-refractivity contribution in [2.75, 3.05) is 20.8 Å². The average Bonchev–Trinajstić information content (AvgIpc) is 2.85. The van der Waals surface area contributed by atoms with Gasteiger partial charge in [-0.1, -0.05) is 13.8 Å². The Labute approximate surface area is 116 Å². The molecule has 0 fully saturated rings. The van der Waals surface area contributed by atoms with Gasteiger partial charge in [0.15, 0.2) is 6.29 Å². The molecule has 0 saturated carbocycles. The molecule has 0 aliphatic carbocycles. The maximum atomic E-state index is 5.39. The topological polar surface area (TPSA) is 48.3 Å². The Morgan fingerprint density at radius 3 is 2.58 bits per heavy atom. The van der Waals surface area contributed by atoms with E-state index >= 15 is 0 Å². The number of hydrogen-bond acceptors (Lipinski definition) is 4. The highest BCUT2D eigenvalue weighted by Crippen LogP contribution is 2.09. The number of aromatic nitrogens is 2. The maximum Gasteiger partial charge on any atom is 0.172 e. The third-order valence-electron chi connectivity index (χ3n) is 3.12. The van der Waals surface area contributed by atoms with E-state index in [1.807, 2.05) is 12.4 Å². The van der Waals surface area contributed by atoms with Crippen LogP contribution in [0.4, 0.5) is 0 Å². The van der Waals surface area contributed by atoms with Crippen molar-refractivity contribution in [2.24, 2.45) is 0 Å². The predicted molar refractivity (Wildman–Crippen MR) is 76.1 cm³/mol. The SMILES string of the molecule is CCCNC(Cc1nccn1CCC)C(OC)OC. The molecule has 0 radical (unpaired) electrons. The summed E-state index contributed by atoms with van der Waals surface area (Å²) >= 11 is 0. The Morgan fingerprint density at radius 1 is 1.26 bits per heavy atom. The highest BCUT2D eigenvalue weighted by Gasteiger charge is 2.22. The van der Waals surface area contributed by atoms with Gasteiger partial charge in [0.05, 0.1) is 6.04 Å². The molecule has 1 aromatic heterocycles. The van der Waals surface area contributed by atoms with Gasteiger partial charge < -0.3 is 19.4 Å². The summed E-state index contributed by atoms with van der Waals surface area (Å²) in [6.07, 6.45) is 6.63. The van der Waals surface area contributed by atoms with E-state index in [1.165, 1.54) is 0 Å². The molecule has 19 heavy (non-hydrogen) atoms. The van der Waals surface area contributed by atoms with Crippen molar-refractivity contribution >= 4 is 0 Å². The van der Waals surface area contributed by atoms with Crippen LogP contribution in [0.15, 0.2) is 12.4 Å². The molecule has 1 rings (SSSR count). The zero-order chi connectivity index (χ0) is 14.1. The number of nitrogens with one attached hydrogen (secondary N) is 1. The first kappa shape index (κ1) is 16.1. The quantitative estimate of drug-likeness (QED) is 0.658. The lowest BCUT2D eigenvalue weighted by molar-refractivity contribution is -0.122. The second kappa shape index (κ2) is 9.07. The number of nitrogens with zero attached hydrogens (tertiary/aromatic N) is 2. The van der Waals surface area contributed by atoms with Gasteiger partial charge in [-0.25, -0.2) is 4.98 Å². The summed E-state index contributed by atoms with van der Waals surface area (Å²) in [5.41, 5.74) is 0. The highest BCUT2D eigenvalue weighted by atomic mass is 16.7. The fraction of sp³-hybridized carbons (Fsp3) is 0.786. The van der Waals surface area contributed by atoms with Crippen molar-refractivity contribution in [2.45, 2.75) is 52.0 Å². The Balaban J connectivity index is 2.71. The van der Waals surface area contributed by atoms with Crippen molar-refractivity contribution in [3.63, 3.8) is 0 Å². The predicted octanol–water partition coefficient (Wildman–Crippen LogP) is 1.82. The molecule has 0 spiro atoms. The smallest absolute Gasteiger partial charge is 0.172 e. The molecular formula is C14H27N3O2. The summed E-state index contributed by atoms with van der Waals surface area (Å²) in [5.74, 6) is 1.08. The number of rotatable bonds is 10. The first-order valence-electron chi connectivity index (χ1n) is 7.05. The molecule has 1 unspecified atom stereocenters. The van der Waals surface area contributed by atoms with Crippen molar-refractivity contribution in [3.05, 3.63) is 18.2 Å². The van der Waals surface area contributed by atoms with Gasteiger partial charge in [-0.05, 0) is 19.4 Å². The Morgan fingerprint density at radius 2 is 2.00 bits per heavy atom. The van der Waals surface area contributed by atoms with Crippen molar-refractivity contribution < 1.29 is 9.47 Å². The average molecular weight is 269 g/mol. The van der Waals surface area contributed by atoms with E-state index in [0.717, 1.165) is 38.2 Å². The van der Waals surface area contributed by atoms with Crippen molar-refractivity contribution in [1.29, 1.82) is 0 Å². The van der Waals surface area contributed by atoms with E-state index in [0.29, 0.717) is 0 Å². The molecule has 1 aromatic rings. The molecule has 110 valence electrons. The Hall–Kier alpha value is -0.910. The zero-order valence-electron chi connectivity index (χ0n) is 12.6. The molecule has 1 heterocycles.